The van der Waals surface area contributed by atoms with Crippen LogP contribution in [0.25, 0.3) is 43.4 Å². The van der Waals surface area contributed by atoms with Crippen LogP contribution < -0.4 is 37.6 Å². The first-order valence-electron chi connectivity index (χ1n) is 22.4. The molecule has 0 saturated carbocycles. The molecule has 3 atom stereocenters. The highest BCUT2D eigenvalue weighted by molar-refractivity contribution is 7.16. The zero-order chi connectivity index (χ0) is 52.8. The number of rotatable bonds is 10. The van der Waals surface area contributed by atoms with Crippen molar-refractivity contribution in [3.8, 4) is 43.4 Å². The zero-order valence-electron chi connectivity index (χ0n) is 39.5. The Morgan fingerprint density at radius 3 is 2.31 bits per heavy atom. The molecule has 23 nitrogen and oxygen atoms in total. The molecule has 1 aliphatic rings. The lowest BCUT2D eigenvalue weighted by atomic mass is 10.0. The smallest absolute Gasteiger partial charge is 0.412 e. The van der Waals surface area contributed by atoms with Gasteiger partial charge >= 0.3 is 6.09 Å². The lowest BCUT2D eigenvalue weighted by Gasteiger charge is -2.23. The van der Waals surface area contributed by atoms with Gasteiger partial charge in [0.15, 0.2) is 5.13 Å². The van der Waals surface area contributed by atoms with Crippen molar-refractivity contribution in [3.05, 3.63) is 106 Å². The molecule has 6 amide bonds. The van der Waals surface area contributed by atoms with Gasteiger partial charge in [-0.05, 0) is 24.6 Å². The highest BCUT2D eigenvalue weighted by Gasteiger charge is 2.31. The third-order valence-electron chi connectivity index (χ3n) is 10.8. The Morgan fingerprint density at radius 1 is 0.773 bits per heavy atom. The van der Waals surface area contributed by atoms with Gasteiger partial charge in [0.25, 0.3) is 17.7 Å². The number of aliphatic hydroxyl groups is 1. The van der Waals surface area contributed by atoms with Crippen molar-refractivity contribution in [2.45, 2.75) is 38.1 Å². The van der Waals surface area contributed by atoms with Crippen molar-refractivity contribution < 1.29 is 43.3 Å². The number of carbonyl (C=O) groups is 6. The molecule has 7 aromatic heterocycles. The number of thiazole rings is 6. The van der Waals surface area contributed by atoms with Gasteiger partial charge in [-0.3, -0.25) is 34.6 Å². The Morgan fingerprint density at radius 2 is 1.52 bits per heavy atom. The third-order valence-corrected chi connectivity index (χ3v) is 16.4. The molecule has 0 saturated heterocycles. The minimum atomic E-state index is -1.27. The van der Waals surface area contributed by atoms with Crippen LogP contribution in [0.1, 0.15) is 81.4 Å². The number of nitrogens with zero attached hydrogens (tertiary/aromatic N) is 7. The summed E-state index contributed by atoms with van der Waals surface area (Å²) in [4.78, 5) is 114. The molecule has 8 heterocycles. The molecule has 0 fully saturated rings. The van der Waals surface area contributed by atoms with Gasteiger partial charge in [0.1, 0.15) is 83.8 Å². The molecule has 8 aromatic rings. The van der Waals surface area contributed by atoms with E-state index in [0.29, 0.717) is 63.7 Å². The number of aryl methyl sites for hydroxylation is 1. The lowest BCUT2D eigenvalue weighted by Crippen LogP contribution is -2.40. The Hall–Kier alpha value is -7.35. The Bertz CT molecular complexity index is 3420. The van der Waals surface area contributed by atoms with E-state index in [2.05, 4.69) is 46.9 Å². The van der Waals surface area contributed by atoms with Crippen molar-refractivity contribution in [1.82, 2.24) is 56.2 Å². The molecule has 0 spiro atoms. The first kappa shape index (κ1) is 52.5. The highest BCUT2D eigenvalue weighted by atomic mass is 32.1. The molecule has 0 unspecified atom stereocenters. The number of benzene rings is 1. The second-order valence-corrected chi connectivity index (χ2v) is 21.7. The van der Waals surface area contributed by atoms with Crippen LogP contribution in [0.2, 0.25) is 0 Å². The Balaban J connectivity index is 1.12. The van der Waals surface area contributed by atoms with E-state index < -0.39 is 60.4 Å². The number of methoxy groups -OCH3 is 1. The summed E-state index contributed by atoms with van der Waals surface area (Å²) in [6.45, 7) is 1.26. The van der Waals surface area contributed by atoms with Crippen molar-refractivity contribution in [2.75, 3.05) is 44.5 Å². The molecule has 0 aliphatic carbocycles. The maximum Gasteiger partial charge on any atom is 0.412 e. The Kier molecular flexibility index (Phi) is 16.4. The summed E-state index contributed by atoms with van der Waals surface area (Å²) in [6, 6.07) is 10.1. The molecule has 1 aliphatic heterocycles. The number of hydrogen-bond donors (Lipinski definition) is 8. The lowest BCUT2D eigenvalue weighted by molar-refractivity contribution is -0.122. The quantitative estimate of drug-likeness (QED) is 0.0785. The first-order valence-corrected chi connectivity index (χ1v) is 27.5. The van der Waals surface area contributed by atoms with Crippen molar-refractivity contribution in [1.29, 1.82) is 0 Å². The summed E-state index contributed by atoms with van der Waals surface area (Å²) in [5, 5.41) is 36.6. The monoisotopic (exact) mass is 1130 g/mol. The average Bonchev–Trinajstić information content (AvgIpc) is 4.29. The number of anilines is 2. The maximum absolute atomic E-state index is 14.1. The van der Waals surface area contributed by atoms with Gasteiger partial charge in [0.05, 0.1) is 36.2 Å². The number of amides is 6. The molecular formula is C46H42N14O9S6. The van der Waals surface area contributed by atoms with Crippen molar-refractivity contribution >= 4 is 115 Å². The van der Waals surface area contributed by atoms with E-state index in [9.17, 15) is 33.9 Å². The van der Waals surface area contributed by atoms with Gasteiger partial charge in [-0.2, -0.15) is 0 Å². The number of aromatic nitrogens is 7. The minimum Gasteiger partial charge on any atom is -0.448 e. The number of nitrogens with one attached hydrogen (secondary N) is 6. The summed E-state index contributed by atoms with van der Waals surface area (Å²) in [5.41, 5.74) is 8.01. The van der Waals surface area contributed by atoms with Crippen molar-refractivity contribution in [3.63, 3.8) is 0 Å². The van der Waals surface area contributed by atoms with Crippen LogP contribution in [-0.4, -0.2) is 109 Å². The molecule has 10 bridgehead atoms. The van der Waals surface area contributed by atoms with E-state index in [1.807, 2.05) is 0 Å². The van der Waals surface area contributed by atoms with Crippen LogP contribution in [0.15, 0.2) is 64.0 Å². The van der Waals surface area contributed by atoms with Gasteiger partial charge in [0.2, 0.25) is 11.8 Å². The summed E-state index contributed by atoms with van der Waals surface area (Å²) in [6.07, 6.45) is -2.22. The fourth-order valence-corrected chi connectivity index (χ4v) is 12.4. The number of pyridine rings is 1. The van der Waals surface area contributed by atoms with Crippen LogP contribution >= 0.6 is 68.0 Å². The number of ether oxygens (including phenoxy) is 2. The molecule has 9 N–H and O–H groups in total. The molecule has 29 heteroatoms. The minimum absolute atomic E-state index is 0.00931. The SMILES string of the molecule is CNC(=O)C[C@@H]1NC(=O)c2csc(n2)-c2ccc(-c3nc(NC(=O)OCCN)cs3)nc2-c2csc(n2)-c2csc(n2)[C@H]([C@@H](O)c2ccccc2)NC(=O)CNC(=O)c2nc(sc2COC)NC(=O)c2nc1sc2C. The summed E-state index contributed by atoms with van der Waals surface area (Å²) >= 11 is 6.92. The van der Waals surface area contributed by atoms with Gasteiger partial charge in [-0.15, -0.1) is 56.7 Å². The third kappa shape index (κ3) is 12.1. The van der Waals surface area contributed by atoms with Crippen LogP contribution in [-0.2, 0) is 25.7 Å². The molecular weight excluding hydrogens is 1080 g/mol. The predicted octanol–water partition coefficient (Wildman–Crippen LogP) is 5.94. The van der Waals surface area contributed by atoms with Gasteiger partial charge in [-0.1, -0.05) is 41.7 Å². The number of aliphatic hydroxyl groups excluding tert-OH is 1. The highest BCUT2D eigenvalue weighted by Crippen LogP contribution is 2.40. The van der Waals surface area contributed by atoms with Crippen molar-refractivity contribution in [2.24, 2.45) is 5.73 Å². The second kappa shape index (κ2) is 23.5. The predicted molar refractivity (Wildman–Crippen MR) is 284 cm³/mol. The maximum atomic E-state index is 14.1. The number of hydrogen-bond acceptors (Lipinski definition) is 23. The van der Waals surface area contributed by atoms with Crippen LogP contribution in [0.5, 0.6) is 0 Å². The Labute approximate surface area is 449 Å². The summed E-state index contributed by atoms with van der Waals surface area (Å²) in [7, 11) is 2.89. The van der Waals surface area contributed by atoms with Gasteiger partial charge < -0.3 is 41.6 Å². The normalized spacial score (nSPS) is 15.5. The van der Waals surface area contributed by atoms with E-state index in [-0.39, 0.29) is 59.2 Å². The van der Waals surface area contributed by atoms with Crippen LogP contribution in [0.3, 0.4) is 0 Å². The molecule has 1 aromatic carbocycles. The molecule has 75 heavy (non-hydrogen) atoms. The fourth-order valence-electron chi connectivity index (χ4n) is 7.27. The molecule has 386 valence electrons. The van der Waals surface area contributed by atoms with Gasteiger partial charge in [0, 0.05) is 52.7 Å². The number of fused-ring (bicyclic) bond motifs is 14. The largest absolute Gasteiger partial charge is 0.448 e. The topological polar surface area (TPSA) is 330 Å². The van der Waals surface area contributed by atoms with Gasteiger partial charge in [-0.25, -0.2) is 39.7 Å². The van der Waals surface area contributed by atoms with Crippen LogP contribution in [0, 0.1) is 6.92 Å². The molecule has 0 radical (unpaired) electrons. The number of carbonyl (C=O) groups excluding carboxylic acids is 6. The van der Waals surface area contributed by atoms with E-state index in [1.54, 1.807) is 70.9 Å². The van der Waals surface area contributed by atoms with E-state index in [0.717, 1.165) is 22.7 Å². The molecule has 9 rings (SSSR count). The summed E-state index contributed by atoms with van der Waals surface area (Å²) in [5.74, 6) is -2.86. The average molecular weight is 1130 g/mol. The standard InChI is InChI=1S/C46H42N14O9S6/c1-20-32-39(66)60-45-59-34(28(75-45)15-68-3)38(65)49-14-31(62)57-35(36(63)21-7-5-4-6-8-21)44-54-27(18-72-44)42-52-25(16-71-42)33-22(9-10-23(50-33)41-55-29(19-73-41)56-46(67)69-12-11-47)40-53-26(17-70-40)37(64)51-24(13-30(61)48-2)43(58-32)74-20/h4-10,16-19,24,35-36,63H,11-15,47H2,1-3H3,(H,48,61)(H,49,65)(H,51,64)(H,56,67)(H,57,62)(H,59,60,66)/t24-,35-,36-/m0/s1. The van der Waals surface area contributed by atoms with Crippen LogP contribution in [0.4, 0.5) is 15.7 Å². The van der Waals surface area contributed by atoms with E-state index in [4.69, 9.17) is 35.1 Å². The fraction of sp³-hybridized carbons (Fsp3) is 0.239. The van der Waals surface area contributed by atoms with E-state index in [1.165, 1.54) is 59.5 Å². The zero-order valence-corrected chi connectivity index (χ0v) is 44.4. The summed E-state index contributed by atoms with van der Waals surface area (Å²) < 4.78 is 10.4. The van der Waals surface area contributed by atoms with E-state index >= 15 is 0 Å². The first-order chi connectivity index (χ1) is 36.3. The number of nitrogens with two attached hydrogens (primary N) is 1. The second-order valence-electron chi connectivity index (χ2n) is 15.9.